The molecule has 1 aliphatic rings. The molecule has 2 atom stereocenters. The molecule has 2 rings (SSSR count). The van der Waals surface area contributed by atoms with E-state index in [9.17, 15) is 19.5 Å². The summed E-state index contributed by atoms with van der Waals surface area (Å²) in [6.07, 6.45) is 6.53. The molecule has 0 unspecified atom stereocenters. The summed E-state index contributed by atoms with van der Waals surface area (Å²) >= 11 is 2.58. The van der Waals surface area contributed by atoms with Gasteiger partial charge in [0, 0.05) is 30.1 Å². The molecular formula is C22H31NO4S2. The van der Waals surface area contributed by atoms with E-state index in [4.69, 9.17) is 0 Å². The average molecular weight is 438 g/mol. The Balaban J connectivity index is 1.79. The van der Waals surface area contributed by atoms with E-state index >= 15 is 0 Å². The van der Waals surface area contributed by atoms with E-state index in [1.807, 2.05) is 0 Å². The van der Waals surface area contributed by atoms with E-state index < -0.39 is 17.9 Å². The average Bonchev–Trinajstić information content (AvgIpc) is 2.72. The number of aliphatic carboxylic acids is 1. The maximum absolute atomic E-state index is 12.2. The van der Waals surface area contributed by atoms with Crippen molar-refractivity contribution in [1.29, 1.82) is 0 Å². The van der Waals surface area contributed by atoms with Crippen LogP contribution in [0.5, 0.6) is 0 Å². The zero-order valence-electron chi connectivity index (χ0n) is 17.2. The minimum atomic E-state index is -1.04. The van der Waals surface area contributed by atoms with Crippen LogP contribution in [0.25, 0.3) is 0 Å². The number of carboxylic acids is 1. The third kappa shape index (κ3) is 8.42. The quantitative estimate of drug-likeness (QED) is 0.563. The summed E-state index contributed by atoms with van der Waals surface area (Å²) in [5.41, 5.74) is 2.57. The first-order valence-corrected chi connectivity index (χ1v) is 12.3. The lowest BCUT2D eigenvalue weighted by molar-refractivity contribution is -0.141. The number of rotatable bonds is 10. The highest BCUT2D eigenvalue weighted by Crippen LogP contribution is 2.32. The molecule has 0 saturated heterocycles. The second kappa shape index (κ2) is 12.3. The normalized spacial score (nSPS) is 16.8. The minimum Gasteiger partial charge on any atom is -0.480 e. The molecule has 1 aromatic rings. The molecular weight excluding hydrogens is 406 g/mol. The lowest BCUT2D eigenvalue weighted by Gasteiger charge is -2.22. The van der Waals surface area contributed by atoms with Gasteiger partial charge in [0.05, 0.1) is 0 Å². The smallest absolute Gasteiger partial charge is 0.327 e. The summed E-state index contributed by atoms with van der Waals surface area (Å²) in [5.74, 6) is 0.267. The van der Waals surface area contributed by atoms with Crippen molar-refractivity contribution in [2.24, 2.45) is 5.92 Å². The summed E-state index contributed by atoms with van der Waals surface area (Å²) in [4.78, 5) is 34.7. The fourth-order valence-corrected chi connectivity index (χ4v) is 5.07. The number of hydrogen-bond acceptors (Lipinski definition) is 5. The number of nitrogens with one attached hydrogen (secondary N) is 1. The molecule has 29 heavy (non-hydrogen) atoms. The highest BCUT2D eigenvalue weighted by Gasteiger charge is 2.23. The molecule has 0 bridgehead atoms. The highest BCUT2D eigenvalue weighted by atomic mass is 32.2. The number of carboxylic acid groups (broad SMARTS) is 1. The van der Waals surface area contributed by atoms with Crippen LogP contribution in [0.4, 0.5) is 0 Å². The van der Waals surface area contributed by atoms with Crippen LogP contribution >= 0.6 is 23.5 Å². The van der Waals surface area contributed by atoms with E-state index in [2.05, 4.69) is 29.6 Å². The van der Waals surface area contributed by atoms with Crippen LogP contribution in [0.2, 0.25) is 0 Å². The molecule has 1 aliphatic carbocycles. The van der Waals surface area contributed by atoms with Gasteiger partial charge in [-0.05, 0) is 29.9 Å². The predicted octanol–water partition coefficient (Wildman–Crippen LogP) is 4.45. The second-order valence-electron chi connectivity index (χ2n) is 7.69. The van der Waals surface area contributed by atoms with E-state index in [0.717, 1.165) is 17.3 Å². The van der Waals surface area contributed by atoms with Gasteiger partial charge in [0.15, 0.2) is 5.12 Å². The maximum atomic E-state index is 12.2. The minimum absolute atomic E-state index is 0.0514. The molecule has 160 valence electrons. The number of benzene rings is 1. The van der Waals surface area contributed by atoms with Crippen LogP contribution in [0.3, 0.4) is 0 Å². The molecule has 5 nitrogen and oxygen atoms in total. The third-order valence-electron chi connectivity index (χ3n) is 5.21. The Labute approximate surface area is 181 Å². The molecule has 7 heteroatoms. The van der Waals surface area contributed by atoms with Crippen molar-refractivity contribution in [3.8, 4) is 0 Å². The van der Waals surface area contributed by atoms with E-state index in [1.54, 1.807) is 6.92 Å². The van der Waals surface area contributed by atoms with Crippen molar-refractivity contribution in [2.75, 3.05) is 11.5 Å². The van der Waals surface area contributed by atoms with Crippen molar-refractivity contribution < 1.29 is 19.5 Å². The van der Waals surface area contributed by atoms with Crippen LogP contribution < -0.4 is 5.32 Å². The highest BCUT2D eigenvalue weighted by molar-refractivity contribution is 8.13. The Bertz CT molecular complexity index is 687. The fourth-order valence-electron chi connectivity index (χ4n) is 3.42. The molecule has 0 aromatic heterocycles. The molecule has 1 amide bonds. The first-order chi connectivity index (χ1) is 13.9. The third-order valence-corrected chi connectivity index (χ3v) is 7.39. The number of carbonyl (C=O) groups excluding carboxylic acids is 2. The molecule has 2 N–H and O–H groups in total. The maximum Gasteiger partial charge on any atom is 0.327 e. The fraction of sp³-hybridized carbons (Fsp3) is 0.591. The predicted molar refractivity (Wildman–Crippen MR) is 120 cm³/mol. The monoisotopic (exact) mass is 437 g/mol. The van der Waals surface area contributed by atoms with Crippen LogP contribution in [-0.2, 0) is 20.1 Å². The zero-order chi connectivity index (χ0) is 21.2. The number of hydrogen-bond donors (Lipinski definition) is 2. The molecule has 1 fully saturated rings. The van der Waals surface area contributed by atoms with Crippen LogP contribution in [0.1, 0.15) is 63.0 Å². The van der Waals surface area contributed by atoms with Gasteiger partial charge >= 0.3 is 5.97 Å². The Morgan fingerprint density at radius 2 is 1.76 bits per heavy atom. The summed E-state index contributed by atoms with van der Waals surface area (Å²) in [5, 5.41) is 12.0. The molecule has 1 aromatic carbocycles. The molecule has 0 radical (unpaired) electrons. The van der Waals surface area contributed by atoms with Gasteiger partial charge in [0.1, 0.15) is 6.04 Å². The number of amides is 1. The van der Waals surface area contributed by atoms with Gasteiger partial charge in [-0.1, -0.05) is 62.2 Å². The van der Waals surface area contributed by atoms with Crippen molar-refractivity contribution in [3.05, 3.63) is 35.4 Å². The van der Waals surface area contributed by atoms with Crippen molar-refractivity contribution >= 4 is 40.5 Å². The first kappa shape index (κ1) is 23.8. The van der Waals surface area contributed by atoms with Gasteiger partial charge < -0.3 is 10.4 Å². The number of thioether (sulfide) groups is 2. The molecule has 0 aliphatic heterocycles. The second-order valence-corrected chi connectivity index (χ2v) is 9.92. The number of carbonyl (C=O) groups is 3. The first-order valence-electron chi connectivity index (χ1n) is 10.2. The van der Waals surface area contributed by atoms with Gasteiger partial charge in [-0.15, -0.1) is 0 Å². The van der Waals surface area contributed by atoms with Crippen molar-refractivity contribution in [2.45, 2.75) is 63.7 Å². The topological polar surface area (TPSA) is 83.5 Å². The largest absolute Gasteiger partial charge is 0.480 e. The lowest BCUT2D eigenvalue weighted by atomic mass is 9.84. The summed E-state index contributed by atoms with van der Waals surface area (Å²) < 4.78 is 0. The van der Waals surface area contributed by atoms with Crippen LogP contribution in [0, 0.1) is 5.92 Å². The summed E-state index contributed by atoms with van der Waals surface area (Å²) in [7, 11) is 0. The van der Waals surface area contributed by atoms with Gasteiger partial charge in [0.25, 0.3) is 0 Å². The Morgan fingerprint density at radius 3 is 2.34 bits per heavy atom. The van der Waals surface area contributed by atoms with Crippen LogP contribution in [0.15, 0.2) is 24.3 Å². The van der Waals surface area contributed by atoms with Crippen LogP contribution in [-0.4, -0.2) is 39.6 Å². The van der Waals surface area contributed by atoms with Gasteiger partial charge in [-0.25, -0.2) is 4.79 Å². The van der Waals surface area contributed by atoms with E-state index in [0.29, 0.717) is 23.2 Å². The van der Waals surface area contributed by atoms with Gasteiger partial charge in [-0.2, -0.15) is 11.8 Å². The summed E-state index contributed by atoms with van der Waals surface area (Å²) in [6.45, 7) is 3.15. The molecule has 0 spiro atoms. The Kier molecular flexibility index (Phi) is 10.1. The van der Waals surface area contributed by atoms with Gasteiger partial charge in [-0.3, -0.25) is 9.59 Å². The Hall–Kier alpha value is -1.47. The summed E-state index contributed by atoms with van der Waals surface area (Å²) in [6, 6.07) is 7.74. The molecule has 0 heterocycles. The van der Waals surface area contributed by atoms with Gasteiger partial charge in [0.2, 0.25) is 5.91 Å². The van der Waals surface area contributed by atoms with E-state index in [1.165, 1.54) is 56.4 Å². The van der Waals surface area contributed by atoms with Crippen molar-refractivity contribution in [3.63, 3.8) is 0 Å². The van der Waals surface area contributed by atoms with Crippen molar-refractivity contribution in [1.82, 2.24) is 5.32 Å². The SMILES string of the molecule is CC(=O)SC[C@@H](C)C(=O)N[C@@H](CSCc1ccc(C2CCCCC2)cc1)C(=O)O. The Morgan fingerprint density at radius 1 is 1.10 bits per heavy atom. The zero-order valence-corrected chi connectivity index (χ0v) is 18.8. The van der Waals surface area contributed by atoms with E-state index in [-0.39, 0.29) is 11.0 Å². The molecule has 1 saturated carbocycles. The standard InChI is InChI=1S/C22H31NO4S2/c1-15(12-29-16(2)24)21(25)23-20(22(26)27)14-28-13-17-8-10-19(11-9-17)18-6-4-3-5-7-18/h8-11,15,18,20H,3-7,12-14H2,1-2H3,(H,23,25)(H,26,27)/t15-,20+/m1/s1. The lowest BCUT2D eigenvalue weighted by Crippen LogP contribution is -2.45.